The summed E-state index contributed by atoms with van der Waals surface area (Å²) in [5, 5.41) is 12.7. The molecule has 4 unspecified atom stereocenters. The Bertz CT molecular complexity index is 1540. The maximum Gasteiger partial charge on any atom is 0.411 e. The Hall–Kier alpha value is -3.97. The summed E-state index contributed by atoms with van der Waals surface area (Å²) in [6.07, 6.45) is 4.09. The van der Waals surface area contributed by atoms with E-state index in [0.29, 0.717) is 17.5 Å². The van der Waals surface area contributed by atoms with Crippen molar-refractivity contribution < 1.29 is 23.5 Å². The van der Waals surface area contributed by atoms with Crippen LogP contribution in [0.2, 0.25) is 0 Å². The van der Waals surface area contributed by atoms with Gasteiger partial charge in [-0.1, -0.05) is 24.3 Å². The van der Waals surface area contributed by atoms with Gasteiger partial charge in [0.15, 0.2) is 0 Å². The number of anilines is 1. The standard InChI is InChI=1S/C35H42FN5O4/c1-35(2,3)45-34(44)41-28-10-9-25(16-28)32(41)33(43)38-26(20-37)15-23-7-5-21(17-29(23)36)22-6-8-24-19-31(42)40(30(24)18-22)27-11-13-39(4)14-12-27/h5-8,17-18,25-28,32H,9-16,19H2,1-4H3,(H,38,43). The number of piperidine rings is 2. The third-order valence-corrected chi connectivity index (χ3v) is 9.75. The van der Waals surface area contributed by atoms with Crippen molar-refractivity contribution in [2.45, 2.75) is 95.5 Å². The molecular formula is C35H42FN5O4. The molecular weight excluding hydrogens is 573 g/mol. The highest BCUT2D eigenvalue weighted by Crippen LogP contribution is 2.43. The van der Waals surface area contributed by atoms with Crippen molar-refractivity contribution in [1.29, 1.82) is 5.26 Å². The van der Waals surface area contributed by atoms with Crippen LogP contribution in [0.3, 0.4) is 0 Å². The second-order valence-corrected chi connectivity index (χ2v) is 14.1. The van der Waals surface area contributed by atoms with Crippen molar-refractivity contribution in [1.82, 2.24) is 15.1 Å². The van der Waals surface area contributed by atoms with Crippen LogP contribution in [-0.2, 0) is 27.2 Å². The number of hydrogen-bond donors (Lipinski definition) is 1. The molecule has 4 atom stereocenters. The minimum Gasteiger partial charge on any atom is -0.444 e. The lowest BCUT2D eigenvalue weighted by Gasteiger charge is -2.35. The molecule has 3 amide bonds. The molecule has 0 radical (unpaired) electrons. The lowest BCUT2D eigenvalue weighted by molar-refractivity contribution is -0.128. The van der Waals surface area contributed by atoms with Crippen molar-refractivity contribution >= 4 is 23.6 Å². The fraction of sp³-hybridized carbons (Fsp3) is 0.543. The molecule has 4 aliphatic rings. The minimum absolute atomic E-state index is 0.00972. The number of carbonyl (C=O) groups excluding carboxylic acids is 3. The summed E-state index contributed by atoms with van der Waals surface area (Å²) in [5.74, 6) is -0.752. The molecule has 3 aliphatic heterocycles. The highest BCUT2D eigenvalue weighted by molar-refractivity contribution is 6.02. The van der Waals surface area contributed by atoms with Crippen molar-refractivity contribution in [3.63, 3.8) is 0 Å². The Labute approximate surface area is 264 Å². The molecule has 6 rings (SSSR count). The molecule has 3 heterocycles. The lowest BCUT2D eigenvalue weighted by atomic mass is 9.96. The van der Waals surface area contributed by atoms with E-state index >= 15 is 4.39 Å². The maximum atomic E-state index is 15.5. The Morgan fingerprint density at radius 2 is 1.78 bits per heavy atom. The number of ether oxygens (including phenoxy) is 1. The zero-order valence-corrected chi connectivity index (χ0v) is 26.5. The first-order valence-corrected chi connectivity index (χ1v) is 16.1. The summed E-state index contributed by atoms with van der Waals surface area (Å²) in [4.78, 5) is 45.1. The maximum absolute atomic E-state index is 15.5. The van der Waals surface area contributed by atoms with E-state index in [1.807, 2.05) is 29.2 Å². The van der Waals surface area contributed by atoms with Crippen LogP contribution in [0.4, 0.5) is 14.9 Å². The van der Waals surface area contributed by atoms with Gasteiger partial charge in [-0.2, -0.15) is 5.26 Å². The highest BCUT2D eigenvalue weighted by atomic mass is 19.1. The number of halogens is 1. The number of amides is 3. The first-order chi connectivity index (χ1) is 21.4. The SMILES string of the molecule is CN1CCC(N2C(=O)Cc3ccc(-c4ccc(CC(C#N)NC(=O)C5C6CCC(C6)N5C(=O)OC(C)(C)C)c(F)c4)cc32)CC1. The number of fused-ring (bicyclic) bond motifs is 3. The van der Waals surface area contributed by atoms with Crippen LogP contribution in [0.5, 0.6) is 0 Å². The lowest BCUT2D eigenvalue weighted by Crippen LogP contribution is -2.55. The van der Waals surface area contributed by atoms with Crippen LogP contribution < -0.4 is 10.2 Å². The highest BCUT2D eigenvalue weighted by Gasteiger charge is 2.52. The van der Waals surface area contributed by atoms with E-state index in [1.165, 1.54) is 11.0 Å². The second kappa shape index (κ2) is 12.1. The van der Waals surface area contributed by atoms with Gasteiger partial charge in [-0.15, -0.1) is 0 Å². The topological polar surface area (TPSA) is 106 Å². The third kappa shape index (κ3) is 6.28. The van der Waals surface area contributed by atoms with Gasteiger partial charge in [0.1, 0.15) is 23.5 Å². The quantitative estimate of drug-likeness (QED) is 0.500. The molecule has 1 aliphatic carbocycles. The predicted octanol–water partition coefficient (Wildman–Crippen LogP) is 4.81. The van der Waals surface area contributed by atoms with Crippen molar-refractivity contribution in [2.24, 2.45) is 5.92 Å². The summed E-state index contributed by atoms with van der Waals surface area (Å²) < 4.78 is 21.1. The molecule has 2 bridgehead atoms. The van der Waals surface area contributed by atoms with E-state index in [9.17, 15) is 19.6 Å². The number of nitrogens with one attached hydrogen (secondary N) is 1. The number of nitrogens with zero attached hydrogens (tertiary/aromatic N) is 4. The molecule has 238 valence electrons. The van der Waals surface area contributed by atoms with Gasteiger partial charge in [-0.25, -0.2) is 9.18 Å². The van der Waals surface area contributed by atoms with E-state index in [-0.39, 0.29) is 30.3 Å². The normalized spacial score (nSPS) is 24.0. The Balaban J connectivity index is 1.15. The Morgan fingerprint density at radius 3 is 2.47 bits per heavy atom. The molecule has 0 spiro atoms. The van der Waals surface area contributed by atoms with Gasteiger partial charge in [0.2, 0.25) is 11.8 Å². The monoisotopic (exact) mass is 615 g/mol. The zero-order valence-electron chi connectivity index (χ0n) is 26.5. The molecule has 0 aromatic heterocycles. The van der Waals surface area contributed by atoms with Gasteiger partial charge in [-0.3, -0.25) is 14.5 Å². The van der Waals surface area contributed by atoms with E-state index in [1.54, 1.807) is 26.8 Å². The average Bonchev–Trinajstić information content (AvgIpc) is 3.70. The molecule has 2 aromatic rings. The largest absolute Gasteiger partial charge is 0.444 e. The Morgan fingerprint density at radius 1 is 1.07 bits per heavy atom. The Kier molecular flexibility index (Phi) is 8.33. The molecule has 2 aromatic carbocycles. The van der Waals surface area contributed by atoms with Crippen LogP contribution in [0.25, 0.3) is 11.1 Å². The van der Waals surface area contributed by atoms with Gasteiger partial charge in [0.25, 0.3) is 0 Å². The van der Waals surface area contributed by atoms with Gasteiger partial charge >= 0.3 is 6.09 Å². The first-order valence-electron chi connectivity index (χ1n) is 16.1. The van der Waals surface area contributed by atoms with E-state index in [2.05, 4.69) is 23.3 Å². The first kappa shape index (κ1) is 31.0. The minimum atomic E-state index is -0.966. The number of nitriles is 1. The second-order valence-electron chi connectivity index (χ2n) is 14.1. The van der Waals surface area contributed by atoms with Crippen LogP contribution in [0.15, 0.2) is 36.4 Å². The van der Waals surface area contributed by atoms with Gasteiger partial charge in [0, 0.05) is 24.2 Å². The summed E-state index contributed by atoms with van der Waals surface area (Å²) in [6.45, 7) is 7.26. The summed E-state index contributed by atoms with van der Waals surface area (Å²) in [5.41, 5.74) is 3.01. The number of carbonyl (C=O) groups is 3. The van der Waals surface area contributed by atoms with Gasteiger partial charge in [-0.05, 0) is 113 Å². The number of rotatable bonds is 6. The molecule has 3 fully saturated rings. The smallest absolute Gasteiger partial charge is 0.411 e. The number of benzene rings is 2. The van der Waals surface area contributed by atoms with E-state index in [4.69, 9.17) is 4.74 Å². The molecule has 9 nitrogen and oxygen atoms in total. The van der Waals surface area contributed by atoms with E-state index < -0.39 is 35.5 Å². The fourth-order valence-corrected chi connectivity index (χ4v) is 7.55. The molecule has 1 N–H and O–H groups in total. The zero-order chi connectivity index (χ0) is 32.0. The van der Waals surface area contributed by atoms with E-state index in [0.717, 1.165) is 62.0 Å². The summed E-state index contributed by atoms with van der Waals surface area (Å²) in [7, 11) is 2.10. The third-order valence-electron chi connectivity index (χ3n) is 9.75. The average molecular weight is 616 g/mol. The van der Waals surface area contributed by atoms with Crippen LogP contribution in [-0.4, -0.2) is 77.6 Å². The fourth-order valence-electron chi connectivity index (χ4n) is 7.55. The van der Waals surface area contributed by atoms with Crippen molar-refractivity contribution in [2.75, 3.05) is 25.0 Å². The van der Waals surface area contributed by atoms with Crippen LogP contribution >= 0.6 is 0 Å². The predicted molar refractivity (Wildman–Crippen MR) is 168 cm³/mol. The molecule has 45 heavy (non-hydrogen) atoms. The molecule has 2 saturated heterocycles. The molecule has 10 heteroatoms. The number of likely N-dealkylation sites (tertiary alicyclic amines) is 2. The summed E-state index contributed by atoms with van der Waals surface area (Å²) in [6, 6.07) is 11.3. The van der Waals surface area contributed by atoms with Crippen LogP contribution in [0.1, 0.15) is 64.0 Å². The van der Waals surface area contributed by atoms with Crippen LogP contribution in [0, 0.1) is 23.1 Å². The molecule has 1 saturated carbocycles. The summed E-state index contributed by atoms with van der Waals surface area (Å²) >= 11 is 0. The van der Waals surface area contributed by atoms with Crippen molar-refractivity contribution in [3.8, 4) is 17.2 Å². The van der Waals surface area contributed by atoms with Crippen molar-refractivity contribution in [3.05, 3.63) is 53.3 Å². The number of hydrogen-bond acceptors (Lipinski definition) is 6. The van der Waals surface area contributed by atoms with Gasteiger partial charge in [0.05, 0.1) is 12.5 Å². The van der Waals surface area contributed by atoms with Gasteiger partial charge < -0.3 is 19.9 Å².